The van der Waals surface area contributed by atoms with Crippen LogP contribution in [-0.4, -0.2) is 28.8 Å². The number of phenolic OH excluding ortho intramolecular Hbond substituents is 1. The van der Waals surface area contributed by atoms with Crippen LogP contribution in [0.3, 0.4) is 0 Å². The van der Waals surface area contributed by atoms with Gasteiger partial charge in [0.05, 0.1) is 16.7 Å². The molecule has 0 saturated heterocycles. The molecule has 0 aliphatic carbocycles. The number of aromatic hydroxyl groups is 1. The van der Waals surface area contributed by atoms with Crippen LogP contribution < -0.4 is 5.32 Å². The van der Waals surface area contributed by atoms with Gasteiger partial charge < -0.3 is 15.5 Å². The highest BCUT2D eigenvalue weighted by molar-refractivity contribution is 6.34. The maximum atomic E-state index is 11.9. The molecular formula is C13H18ClNO3. The van der Waals surface area contributed by atoms with Crippen molar-refractivity contribution < 1.29 is 15.0 Å². The molecule has 2 atom stereocenters. The summed E-state index contributed by atoms with van der Waals surface area (Å²) in [5.74, 6) is -0.391. The van der Waals surface area contributed by atoms with Gasteiger partial charge in [0.1, 0.15) is 5.75 Å². The fraction of sp³-hybridized carbons (Fsp3) is 0.462. The van der Waals surface area contributed by atoms with Gasteiger partial charge in [-0.2, -0.15) is 0 Å². The fourth-order valence-electron chi connectivity index (χ4n) is 1.76. The second-order valence-electron chi connectivity index (χ2n) is 4.53. The summed E-state index contributed by atoms with van der Waals surface area (Å²) < 4.78 is 0. The summed E-state index contributed by atoms with van der Waals surface area (Å²) in [5.41, 5.74) is 0.0865. The van der Waals surface area contributed by atoms with Crippen molar-refractivity contribution in [2.45, 2.75) is 26.4 Å². The molecule has 0 fully saturated rings. The van der Waals surface area contributed by atoms with Gasteiger partial charge in [-0.3, -0.25) is 4.79 Å². The summed E-state index contributed by atoms with van der Waals surface area (Å²) in [6.07, 6.45) is 0.208. The third-order valence-corrected chi connectivity index (χ3v) is 2.89. The number of aliphatic hydroxyl groups excluding tert-OH is 1. The maximum absolute atomic E-state index is 11.9. The normalized spacial score (nSPS) is 14.0. The molecule has 1 amide bonds. The first kappa shape index (κ1) is 14.8. The Morgan fingerprint density at radius 1 is 1.44 bits per heavy atom. The zero-order chi connectivity index (χ0) is 13.7. The van der Waals surface area contributed by atoms with Crippen LogP contribution in [-0.2, 0) is 0 Å². The summed E-state index contributed by atoms with van der Waals surface area (Å²) in [6.45, 7) is 4.06. The van der Waals surface area contributed by atoms with Crippen molar-refractivity contribution in [3.05, 3.63) is 28.8 Å². The topological polar surface area (TPSA) is 69.6 Å². The maximum Gasteiger partial charge on any atom is 0.256 e. The van der Waals surface area contributed by atoms with Gasteiger partial charge in [-0.25, -0.2) is 0 Å². The van der Waals surface area contributed by atoms with E-state index in [-0.39, 0.29) is 22.3 Å². The standard InChI is InChI=1S/C13H18ClNO3/c1-8(6-9(2)16)7-15-13(18)12-10(14)4-3-5-11(12)17/h3-5,8-9,16-17H,6-7H2,1-2H3,(H,15,18). The number of rotatable bonds is 5. The predicted octanol–water partition coefficient (Wildman–Crippen LogP) is 2.18. The van der Waals surface area contributed by atoms with E-state index in [1.165, 1.54) is 6.07 Å². The zero-order valence-electron chi connectivity index (χ0n) is 10.5. The first-order valence-corrected chi connectivity index (χ1v) is 6.23. The molecule has 5 heteroatoms. The van der Waals surface area contributed by atoms with E-state index in [0.717, 1.165) is 0 Å². The highest BCUT2D eigenvalue weighted by Crippen LogP contribution is 2.24. The van der Waals surface area contributed by atoms with E-state index in [4.69, 9.17) is 11.6 Å². The number of carbonyl (C=O) groups is 1. The molecule has 1 aromatic rings. The van der Waals surface area contributed by atoms with Crippen LogP contribution in [0.5, 0.6) is 5.75 Å². The Balaban J connectivity index is 2.61. The number of hydrogen-bond acceptors (Lipinski definition) is 3. The van der Waals surface area contributed by atoms with Gasteiger partial charge in [-0.1, -0.05) is 24.6 Å². The lowest BCUT2D eigenvalue weighted by atomic mass is 10.0. The molecular weight excluding hydrogens is 254 g/mol. The second-order valence-corrected chi connectivity index (χ2v) is 4.94. The van der Waals surface area contributed by atoms with Gasteiger partial charge in [-0.05, 0) is 31.4 Å². The van der Waals surface area contributed by atoms with E-state index in [1.807, 2.05) is 6.92 Å². The van der Waals surface area contributed by atoms with Crippen molar-refractivity contribution >= 4 is 17.5 Å². The number of benzene rings is 1. The third-order valence-electron chi connectivity index (χ3n) is 2.57. The molecule has 0 aliphatic rings. The highest BCUT2D eigenvalue weighted by atomic mass is 35.5. The highest BCUT2D eigenvalue weighted by Gasteiger charge is 2.16. The predicted molar refractivity (Wildman–Crippen MR) is 70.9 cm³/mol. The fourth-order valence-corrected chi connectivity index (χ4v) is 2.01. The monoisotopic (exact) mass is 271 g/mol. The van der Waals surface area contributed by atoms with Crippen molar-refractivity contribution in [3.8, 4) is 5.75 Å². The average Bonchev–Trinajstić information content (AvgIpc) is 2.25. The molecule has 3 N–H and O–H groups in total. The van der Waals surface area contributed by atoms with Crippen LogP contribution in [0.25, 0.3) is 0 Å². The molecule has 0 aliphatic heterocycles. The quantitative estimate of drug-likeness (QED) is 0.769. The van der Waals surface area contributed by atoms with Crippen LogP contribution in [0.2, 0.25) is 5.02 Å². The molecule has 100 valence electrons. The zero-order valence-corrected chi connectivity index (χ0v) is 11.2. The SMILES string of the molecule is CC(O)CC(C)CNC(=O)c1c(O)cccc1Cl. The summed E-state index contributed by atoms with van der Waals surface area (Å²) in [4.78, 5) is 11.9. The van der Waals surface area contributed by atoms with Crippen molar-refractivity contribution in [2.24, 2.45) is 5.92 Å². The minimum absolute atomic E-state index is 0.0865. The molecule has 4 nitrogen and oxygen atoms in total. The van der Waals surface area contributed by atoms with E-state index in [2.05, 4.69) is 5.32 Å². The Kier molecular flexibility index (Phi) is 5.44. The van der Waals surface area contributed by atoms with Gasteiger partial charge in [-0.15, -0.1) is 0 Å². The molecule has 0 spiro atoms. The van der Waals surface area contributed by atoms with Gasteiger partial charge in [0.25, 0.3) is 5.91 Å². The molecule has 0 saturated carbocycles. The molecule has 2 unspecified atom stereocenters. The number of amides is 1. The number of hydrogen-bond donors (Lipinski definition) is 3. The van der Waals surface area contributed by atoms with E-state index in [0.29, 0.717) is 13.0 Å². The van der Waals surface area contributed by atoms with Gasteiger partial charge in [0, 0.05) is 6.54 Å². The molecule has 0 heterocycles. The third kappa shape index (κ3) is 4.20. The lowest BCUT2D eigenvalue weighted by Crippen LogP contribution is -2.29. The van der Waals surface area contributed by atoms with E-state index < -0.39 is 12.0 Å². The van der Waals surface area contributed by atoms with Gasteiger partial charge in [0.2, 0.25) is 0 Å². The van der Waals surface area contributed by atoms with Crippen LogP contribution in [0, 0.1) is 5.92 Å². The Morgan fingerprint density at radius 2 is 2.11 bits per heavy atom. The smallest absolute Gasteiger partial charge is 0.256 e. The lowest BCUT2D eigenvalue weighted by molar-refractivity contribution is 0.0937. The van der Waals surface area contributed by atoms with Gasteiger partial charge >= 0.3 is 0 Å². The lowest BCUT2D eigenvalue weighted by Gasteiger charge is -2.15. The first-order valence-electron chi connectivity index (χ1n) is 5.85. The second kappa shape index (κ2) is 6.61. The molecule has 0 aromatic heterocycles. The number of aliphatic hydroxyl groups is 1. The van der Waals surface area contributed by atoms with Crippen molar-refractivity contribution in [1.29, 1.82) is 0 Å². The number of carbonyl (C=O) groups excluding carboxylic acids is 1. The number of halogens is 1. The van der Waals surface area contributed by atoms with Crippen LogP contribution in [0.15, 0.2) is 18.2 Å². The largest absolute Gasteiger partial charge is 0.507 e. The summed E-state index contributed by atoms with van der Waals surface area (Å²) in [5, 5.41) is 21.7. The molecule has 1 aromatic carbocycles. The first-order chi connectivity index (χ1) is 8.41. The molecule has 0 bridgehead atoms. The Hall–Kier alpha value is -1.26. The molecule has 0 radical (unpaired) electrons. The Morgan fingerprint density at radius 3 is 2.67 bits per heavy atom. The summed E-state index contributed by atoms with van der Waals surface area (Å²) in [7, 11) is 0. The van der Waals surface area contributed by atoms with Crippen molar-refractivity contribution in [1.82, 2.24) is 5.32 Å². The van der Waals surface area contributed by atoms with Crippen LogP contribution in [0.1, 0.15) is 30.6 Å². The van der Waals surface area contributed by atoms with E-state index in [9.17, 15) is 15.0 Å². The average molecular weight is 272 g/mol. The summed E-state index contributed by atoms with van der Waals surface area (Å²) >= 11 is 5.86. The van der Waals surface area contributed by atoms with E-state index in [1.54, 1.807) is 19.1 Å². The van der Waals surface area contributed by atoms with Crippen molar-refractivity contribution in [3.63, 3.8) is 0 Å². The van der Waals surface area contributed by atoms with Crippen LogP contribution in [0.4, 0.5) is 0 Å². The number of nitrogens with one attached hydrogen (secondary N) is 1. The Bertz CT molecular complexity index is 400. The number of phenols is 1. The van der Waals surface area contributed by atoms with Gasteiger partial charge in [0.15, 0.2) is 0 Å². The minimum Gasteiger partial charge on any atom is -0.507 e. The van der Waals surface area contributed by atoms with Crippen molar-refractivity contribution in [2.75, 3.05) is 6.54 Å². The van der Waals surface area contributed by atoms with Crippen LogP contribution >= 0.6 is 11.6 Å². The molecule has 18 heavy (non-hydrogen) atoms. The molecule has 1 rings (SSSR count). The minimum atomic E-state index is -0.407. The Labute approximate surface area is 112 Å². The van der Waals surface area contributed by atoms with E-state index >= 15 is 0 Å². The summed E-state index contributed by atoms with van der Waals surface area (Å²) in [6, 6.07) is 4.54.